The number of likely N-dealkylation sites (tertiary alicyclic amines) is 1. The number of likely N-dealkylation sites (N-methyl/N-ethyl adjacent to an activating group) is 1. The standard InChI is InChI=1S/C27H25N3O6/c1-29-14-13-26-23-17-6-9-20(35-2)24(23)36-25(26)19(31)11-12-27(26,21(29)15-17)28-22(32)10-5-16-3-7-18(8-4-16)30(33)34/h3-12,21,25H,13-15H2,1-2H3,(H,28,32)/b10-5+/t21?,25-,26?,27+/m0/s1. The molecule has 1 spiro atoms. The van der Waals surface area contributed by atoms with Crippen LogP contribution in [-0.2, 0) is 21.4 Å². The lowest BCUT2D eigenvalue weighted by atomic mass is 9.49. The van der Waals surface area contributed by atoms with Crippen molar-refractivity contribution in [3.05, 3.63) is 81.4 Å². The maximum Gasteiger partial charge on any atom is 0.269 e. The zero-order chi connectivity index (χ0) is 25.2. The van der Waals surface area contributed by atoms with Crippen LogP contribution in [0, 0.1) is 10.1 Å². The molecule has 1 N–H and O–H groups in total. The summed E-state index contributed by atoms with van der Waals surface area (Å²) in [6.07, 6.45) is 7.04. The molecule has 1 saturated heterocycles. The molecule has 184 valence electrons. The molecule has 1 amide bonds. The highest BCUT2D eigenvalue weighted by Gasteiger charge is 2.72. The fourth-order valence-corrected chi connectivity index (χ4v) is 6.68. The summed E-state index contributed by atoms with van der Waals surface area (Å²) in [5.74, 6) is 0.752. The van der Waals surface area contributed by atoms with Crippen LogP contribution in [0.1, 0.15) is 23.1 Å². The van der Waals surface area contributed by atoms with Crippen molar-refractivity contribution in [2.75, 3.05) is 20.7 Å². The van der Waals surface area contributed by atoms with Gasteiger partial charge in [0.05, 0.1) is 23.0 Å². The van der Waals surface area contributed by atoms with Crippen LogP contribution >= 0.6 is 0 Å². The normalized spacial score (nSPS) is 29.6. The van der Waals surface area contributed by atoms with Gasteiger partial charge in [0.25, 0.3) is 5.69 Å². The first-order chi connectivity index (χ1) is 17.3. The fraction of sp³-hybridized carbons (Fsp3) is 0.333. The summed E-state index contributed by atoms with van der Waals surface area (Å²) in [6.45, 7) is 0.762. The third-order valence-electron chi connectivity index (χ3n) is 8.26. The smallest absolute Gasteiger partial charge is 0.269 e. The van der Waals surface area contributed by atoms with E-state index in [1.807, 2.05) is 25.3 Å². The lowest BCUT2D eigenvalue weighted by molar-refractivity contribution is -0.384. The van der Waals surface area contributed by atoms with Crippen molar-refractivity contribution in [3.63, 3.8) is 0 Å². The summed E-state index contributed by atoms with van der Waals surface area (Å²) >= 11 is 0. The van der Waals surface area contributed by atoms with Gasteiger partial charge in [-0.2, -0.15) is 0 Å². The van der Waals surface area contributed by atoms with Crippen LogP contribution in [0.3, 0.4) is 0 Å². The van der Waals surface area contributed by atoms with Gasteiger partial charge >= 0.3 is 0 Å². The number of benzene rings is 2. The van der Waals surface area contributed by atoms with Gasteiger partial charge in [-0.1, -0.05) is 12.1 Å². The minimum absolute atomic E-state index is 0.0122. The van der Waals surface area contributed by atoms with E-state index in [0.717, 1.165) is 17.7 Å². The van der Waals surface area contributed by atoms with Crippen LogP contribution in [0.2, 0.25) is 0 Å². The van der Waals surface area contributed by atoms with Gasteiger partial charge in [0.2, 0.25) is 5.91 Å². The average molecular weight is 488 g/mol. The van der Waals surface area contributed by atoms with Crippen LogP contribution in [0.25, 0.3) is 6.08 Å². The number of nitro benzene ring substituents is 1. The molecule has 36 heavy (non-hydrogen) atoms. The predicted molar refractivity (Wildman–Crippen MR) is 131 cm³/mol. The Morgan fingerprint density at radius 2 is 2.06 bits per heavy atom. The summed E-state index contributed by atoms with van der Waals surface area (Å²) in [7, 11) is 3.63. The van der Waals surface area contributed by atoms with E-state index in [9.17, 15) is 19.7 Å². The van der Waals surface area contributed by atoms with Gasteiger partial charge in [0.15, 0.2) is 23.4 Å². The largest absolute Gasteiger partial charge is 0.493 e. The predicted octanol–water partition coefficient (Wildman–Crippen LogP) is 2.57. The summed E-state index contributed by atoms with van der Waals surface area (Å²) in [6, 6.07) is 9.84. The van der Waals surface area contributed by atoms with Crippen molar-refractivity contribution in [2.24, 2.45) is 0 Å². The average Bonchev–Trinajstić information content (AvgIpc) is 3.23. The third-order valence-corrected chi connectivity index (χ3v) is 8.26. The molecular weight excluding hydrogens is 462 g/mol. The summed E-state index contributed by atoms with van der Waals surface area (Å²) in [5.41, 5.74) is 1.13. The zero-order valence-electron chi connectivity index (χ0n) is 19.9. The second-order valence-electron chi connectivity index (χ2n) is 9.83. The zero-order valence-corrected chi connectivity index (χ0v) is 19.9. The van der Waals surface area contributed by atoms with Gasteiger partial charge in [-0.25, -0.2) is 0 Å². The van der Waals surface area contributed by atoms with E-state index in [1.165, 1.54) is 18.2 Å². The molecule has 0 radical (unpaired) electrons. The molecule has 2 aromatic rings. The molecule has 2 aliphatic carbocycles. The number of non-ortho nitro benzene ring substituents is 1. The number of hydrogen-bond acceptors (Lipinski definition) is 7. The van der Waals surface area contributed by atoms with Gasteiger partial charge in [-0.3, -0.25) is 19.7 Å². The minimum atomic E-state index is -0.861. The van der Waals surface area contributed by atoms with E-state index < -0.39 is 22.0 Å². The Kier molecular flexibility index (Phi) is 4.85. The van der Waals surface area contributed by atoms with E-state index in [1.54, 1.807) is 31.4 Å². The number of carbonyl (C=O) groups is 2. The number of ketones is 1. The highest BCUT2D eigenvalue weighted by molar-refractivity contribution is 6.00. The highest BCUT2D eigenvalue weighted by atomic mass is 16.6. The Bertz CT molecular complexity index is 1370. The van der Waals surface area contributed by atoms with Gasteiger partial charge in [-0.15, -0.1) is 0 Å². The van der Waals surface area contributed by atoms with E-state index >= 15 is 0 Å². The maximum atomic E-state index is 13.4. The number of nitro groups is 1. The minimum Gasteiger partial charge on any atom is -0.493 e. The molecule has 2 unspecified atom stereocenters. The summed E-state index contributed by atoms with van der Waals surface area (Å²) in [4.78, 5) is 39.2. The number of hydrogen-bond donors (Lipinski definition) is 1. The third kappa shape index (κ3) is 2.86. The van der Waals surface area contributed by atoms with E-state index in [4.69, 9.17) is 9.47 Å². The first kappa shape index (κ1) is 22.5. The van der Waals surface area contributed by atoms with Crippen molar-refractivity contribution >= 4 is 23.5 Å². The van der Waals surface area contributed by atoms with Crippen molar-refractivity contribution in [1.82, 2.24) is 10.2 Å². The Morgan fingerprint density at radius 1 is 1.28 bits per heavy atom. The highest BCUT2D eigenvalue weighted by Crippen LogP contribution is 2.63. The molecule has 2 aromatic carbocycles. The second kappa shape index (κ2) is 7.76. The Labute approximate surface area is 207 Å². The maximum absolute atomic E-state index is 13.4. The van der Waals surface area contributed by atoms with E-state index in [2.05, 4.69) is 10.2 Å². The number of ether oxygens (including phenoxy) is 2. The van der Waals surface area contributed by atoms with Crippen LogP contribution in [0.15, 0.2) is 54.6 Å². The number of piperidine rings is 1. The molecule has 2 aliphatic heterocycles. The molecule has 6 rings (SSSR count). The number of methoxy groups -OCH3 is 1. The number of rotatable bonds is 5. The summed E-state index contributed by atoms with van der Waals surface area (Å²) < 4.78 is 11.9. The van der Waals surface area contributed by atoms with Crippen LogP contribution < -0.4 is 14.8 Å². The van der Waals surface area contributed by atoms with Crippen LogP contribution in [0.5, 0.6) is 11.5 Å². The molecule has 9 heteroatoms. The lowest BCUT2D eigenvalue weighted by Gasteiger charge is -2.62. The Hall–Kier alpha value is -3.98. The number of nitrogens with one attached hydrogen (secondary N) is 1. The van der Waals surface area contributed by atoms with E-state index in [0.29, 0.717) is 29.9 Å². The SMILES string of the molecule is COc1ccc2c3c1O[C@H]1C(=O)C=C[C@@]4(NC(=O)/C=C/c5ccc([N+](=O)[O-])cc5)C(C2)N(C)CCC314. The first-order valence-electron chi connectivity index (χ1n) is 11.9. The molecule has 1 fully saturated rings. The molecule has 0 saturated carbocycles. The Morgan fingerprint density at radius 3 is 2.78 bits per heavy atom. The number of carbonyl (C=O) groups excluding carboxylic acids is 2. The number of amides is 1. The molecule has 4 aliphatic rings. The molecule has 2 bridgehead atoms. The van der Waals surface area contributed by atoms with Gasteiger partial charge < -0.3 is 19.7 Å². The van der Waals surface area contributed by atoms with Crippen molar-refractivity contribution in [3.8, 4) is 11.5 Å². The van der Waals surface area contributed by atoms with Crippen LogP contribution in [0.4, 0.5) is 5.69 Å². The van der Waals surface area contributed by atoms with E-state index in [-0.39, 0.29) is 23.4 Å². The quantitative estimate of drug-likeness (QED) is 0.392. The molecule has 9 nitrogen and oxygen atoms in total. The van der Waals surface area contributed by atoms with Gasteiger partial charge in [0.1, 0.15) is 0 Å². The summed E-state index contributed by atoms with van der Waals surface area (Å²) in [5, 5.41) is 14.2. The fourth-order valence-electron chi connectivity index (χ4n) is 6.68. The Balaban J connectivity index is 1.42. The molecular formula is C27H25N3O6. The molecule has 4 atom stereocenters. The van der Waals surface area contributed by atoms with Crippen LogP contribution in [-0.4, -0.2) is 59.9 Å². The number of nitrogens with zero attached hydrogens (tertiary/aromatic N) is 2. The van der Waals surface area contributed by atoms with Crippen molar-refractivity contribution < 1.29 is 24.0 Å². The first-order valence-corrected chi connectivity index (χ1v) is 11.9. The lowest BCUT2D eigenvalue weighted by Crippen LogP contribution is -2.80. The van der Waals surface area contributed by atoms with Crippen molar-refractivity contribution in [2.45, 2.75) is 35.9 Å². The van der Waals surface area contributed by atoms with Gasteiger partial charge in [-0.05, 0) is 67.9 Å². The van der Waals surface area contributed by atoms with Gasteiger partial charge in [0, 0.05) is 29.8 Å². The molecule has 0 aromatic heterocycles. The molecule has 2 heterocycles. The topological polar surface area (TPSA) is 111 Å². The second-order valence-corrected chi connectivity index (χ2v) is 9.83. The van der Waals surface area contributed by atoms with Crippen molar-refractivity contribution in [1.29, 1.82) is 0 Å². The monoisotopic (exact) mass is 487 g/mol.